The minimum atomic E-state index is -0.651. The Hall–Kier alpha value is -4.11. The Labute approximate surface area is 211 Å². The summed E-state index contributed by atoms with van der Waals surface area (Å²) in [7, 11) is 0. The maximum Gasteiger partial charge on any atom is 0.324 e. The van der Waals surface area contributed by atoms with Gasteiger partial charge in [0.25, 0.3) is 0 Å². The molecule has 2 amide bonds. The number of benzene rings is 2. The topological polar surface area (TPSA) is 101 Å². The average Bonchev–Trinajstić information content (AvgIpc) is 3.35. The molecule has 0 bridgehead atoms. The zero-order valence-corrected chi connectivity index (χ0v) is 20.3. The largest absolute Gasteiger partial charge is 0.506 e. The van der Waals surface area contributed by atoms with Crippen molar-refractivity contribution < 1.29 is 19.0 Å². The highest BCUT2D eigenvalue weighted by molar-refractivity contribution is 6.32. The number of hydrogen-bond donors (Lipinski definition) is 3. The molecule has 0 unspecified atom stereocenters. The number of fused-ring (bicyclic) bond motifs is 1. The monoisotopic (exact) mass is 507 g/mol. The van der Waals surface area contributed by atoms with E-state index < -0.39 is 11.8 Å². The van der Waals surface area contributed by atoms with Crippen LogP contribution in [-0.4, -0.2) is 25.9 Å². The van der Waals surface area contributed by atoms with E-state index in [2.05, 4.69) is 29.5 Å². The van der Waals surface area contributed by atoms with Crippen LogP contribution in [0.25, 0.3) is 5.69 Å². The third-order valence-corrected chi connectivity index (χ3v) is 6.41. The summed E-state index contributed by atoms with van der Waals surface area (Å²) in [4.78, 5) is 16.9. The van der Waals surface area contributed by atoms with Crippen LogP contribution in [0.3, 0.4) is 0 Å². The molecule has 5 rings (SSSR count). The highest BCUT2D eigenvalue weighted by Gasteiger charge is 2.37. The van der Waals surface area contributed by atoms with Crippen molar-refractivity contribution in [1.82, 2.24) is 14.8 Å². The van der Waals surface area contributed by atoms with E-state index in [0.29, 0.717) is 17.3 Å². The third kappa shape index (κ3) is 4.57. The van der Waals surface area contributed by atoms with Crippen molar-refractivity contribution in [2.24, 2.45) is 0 Å². The molecule has 0 radical (unpaired) electrons. The predicted molar refractivity (Wildman–Crippen MR) is 135 cm³/mol. The highest BCUT2D eigenvalue weighted by Crippen LogP contribution is 2.42. The molecule has 1 aliphatic carbocycles. The Morgan fingerprint density at radius 2 is 1.89 bits per heavy atom. The first-order valence-electron chi connectivity index (χ1n) is 11.3. The average molecular weight is 508 g/mol. The molecule has 2 heterocycles. The number of anilines is 2. The Morgan fingerprint density at radius 3 is 2.61 bits per heavy atom. The number of halogens is 2. The van der Waals surface area contributed by atoms with Gasteiger partial charge >= 0.3 is 6.03 Å². The number of carbonyl (C=O) groups is 1. The van der Waals surface area contributed by atoms with Crippen molar-refractivity contribution in [3.8, 4) is 22.9 Å². The molecule has 184 valence electrons. The first kappa shape index (κ1) is 23.6. The number of phenols is 1. The number of aromatic nitrogens is 3. The van der Waals surface area contributed by atoms with Crippen molar-refractivity contribution in [3.05, 3.63) is 83.0 Å². The number of amides is 2. The number of aromatic hydroxyl groups is 1. The molecule has 0 spiro atoms. The van der Waals surface area contributed by atoms with Gasteiger partial charge in [-0.15, -0.1) is 0 Å². The maximum atomic E-state index is 14.7. The van der Waals surface area contributed by atoms with Crippen molar-refractivity contribution in [3.63, 3.8) is 0 Å². The highest BCUT2D eigenvalue weighted by atomic mass is 35.5. The molecule has 0 aliphatic heterocycles. The number of pyridine rings is 1. The standard InChI is InChI=1S/C26H23ClFN5O3/c1-26(2)10-7-18-23(26)32-33(15-3-6-22(34)19(27)13-15)24(18)31-25(35)30-21-5-4-17(14-20(21)28)36-16-8-11-29-12-9-16/h3-6,8-9,11-14,34H,7,10H2,1-2H3,(H2,30,31,35). The van der Waals surface area contributed by atoms with Gasteiger partial charge in [0.1, 0.15) is 28.9 Å². The van der Waals surface area contributed by atoms with Gasteiger partial charge in [0.2, 0.25) is 0 Å². The van der Waals surface area contributed by atoms with E-state index in [1.54, 1.807) is 47.4 Å². The number of hydrogen-bond acceptors (Lipinski definition) is 5. The lowest BCUT2D eigenvalue weighted by Gasteiger charge is -2.16. The summed E-state index contributed by atoms with van der Waals surface area (Å²) < 4.78 is 21.9. The fourth-order valence-corrected chi connectivity index (χ4v) is 4.37. The van der Waals surface area contributed by atoms with Gasteiger partial charge in [-0.3, -0.25) is 10.3 Å². The molecule has 0 fully saturated rings. The fraction of sp³-hybridized carbons (Fsp3) is 0.192. The van der Waals surface area contributed by atoms with Gasteiger partial charge in [0, 0.05) is 29.4 Å². The van der Waals surface area contributed by atoms with Crippen LogP contribution in [-0.2, 0) is 11.8 Å². The lowest BCUT2D eigenvalue weighted by atomic mass is 9.91. The van der Waals surface area contributed by atoms with E-state index in [1.807, 2.05) is 0 Å². The van der Waals surface area contributed by atoms with E-state index >= 15 is 0 Å². The van der Waals surface area contributed by atoms with Gasteiger partial charge in [-0.2, -0.15) is 5.10 Å². The molecule has 0 saturated carbocycles. The third-order valence-electron chi connectivity index (χ3n) is 6.11. The zero-order valence-electron chi connectivity index (χ0n) is 19.5. The molecule has 8 nitrogen and oxygen atoms in total. The van der Waals surface area contributed by atoms with Gasteiger partial charge in [-0.05, 0) is 55.3 Å². The van der Waals surface area contributed by atoms with Crippen LogP contribution in [0.2, 0.25) is 5.02 Å². The number of rotatable bonds is 5. The molecule has 1 aliphatic rings. The lowest BCUT2D eigenvalue weighted by Crippen LogP contribution is -2.22. The summed E-state index contributed by atoms with van der Waals surface area (Å²) in [6.45, 7) is 4.18. The Balaban J connectivity index is 1.39. The van der Waals surface area contributed by atoms with Crippen LogP contribution in [0.4, 0.5) is 20.7 Å². The molecule has 0 atom stereocenters. The maximum absolute atomic E-state index is 14.7. The molecule has 2 aromatic heterocycles. The number of urea groups is 1. The van der Waals surface area contributed by atoms with E-state index in [4.69, 9.17) is 21.4 Å². The number of nitrogens with zero attached hydrogens (tertiary/aromatic N) is 3. The second-order valence-electron chi connectivity index (χ2n) is 9.11. The first-order chi connectivity index (χ1) is 17.2. The van der Waals surface area contributed by atoms with Crippen molar-refractivity contribution >= 4 is 29.1 Å². The van der Waals surface area contributed by atoms with Crippen molar-refractivity contribution in [2.75, 3.05) is 10.6 Å². The van der Waals surface area contributed by atoms with Crippen LogP contribution >= 0.6 is 11.6 Å². The van der Waals surface area contributed by atoms with E-state index in [1.165, 1.54) is 18.2 Å². The van der Waals surface area contributed by atoms with Crippen LogP contribution < -0.4 is 15.4 Å². The molecule has 10 heteroatoms. The Kier molecular flexibility index (Phi) is 6.01. The minimum Gasteiger partial charge on any atom is -0.506 e. The minimum absolute atomic E-state index is 0.00898. The van der Waals surface area contributed by atoms with Crippen LogP contribution in [0.15, 0.2) is 60.9 Å². The van der Waals surface area contributed by atoms with Gasteiger partial charge in [-0.25, -0.2) is 13.9 Å². The summed E-state index contributed by atoms with van der Waals surface area (Å²) in [6, 6.07) is 11.5. The van der Waals surface area contributed by atoms with Crippen LogP contribution in [0.5, 0.6) is 17.2 Å². The summed E-state index contributed by atoms with van der Waals surface area (Å²) in [6.07, 6.45) is 4.74. The second kappa shape index (κ2) is 9.16. The molecular formula is C26H23ClFN5O3. The second-order valence-corrected chi connectivity index (χ2v) is 9.52. The first-order valence-corrected chi connectivity index (χ1v) is 11.7. The molecule has 0 saturated heterocycles. The summed E-state index contributed by atoms with van der Waals surface area (Å²) in [5.41, 5.74) is 2.16. The number of phenolic OH excluding ortho intramolecular Hbond substituents is 1. The summed E-state index contributed by atoms with van der Waals surface area (Å²) in [5.74, 6) is 0.559. The number of ether oxygens (including phenoxy) is 1. The molecular weight excluding hydrogens is 485 g/mol. The summed E-state index contributed by atoms with van der Waals surface area (Å²) in [5, 5.41) is 20.1. The van der Waals surface area contributed by atoms with Gasteiger partial charge < -0.3 is 15.2 Å². The van der Waals surface area contributed by atoms with Crippen molar-refractivity contribution in [1.29, 1.82) is 0 Å². The Bertz CT molecular complexity index is 1460. The van der Waals surface area contributed by atoms with Gasteiger partial charge in [-0.1, -0.05) is 25.4 Å². The molecule has 2 aromatic carbocycles. The number of carbonyl (C=O) groups excluding carboxylic acids is 1. The van der Waals surface area contributed by atoms with E-state index in [-0.39, 0.29) is 27.6 Å². The summed E-state index contributed by atoms with van der Waals surface area (Å²) >= 11 is 6.12. The van der Waals surface area contributed by atoms with E-state index in [0.717, 1.165) is 24.1 Å². The Morgan fingerprint density at radius 1 is 1.11 bits per heavy atom. The quantitative estimate of drug-likeness (QED) is 0.289. The molecule has 4 aromatic rings. The smallest absolute Gasteiger partial charge is 0.324 e. The lowest BCUT2D eigenvalue weighted by molar-refractivity contribution is 0.262. The molecule has 36 heavy (non-hydrogen) atoms. The molecule has 3 N–H and O–H groups in total. The normalized spacial score (nSPS) is 13.8. The SMILES string of the molecule is CC1(C)CCc2c1nn(-c1ccc(O)c(Cl)c1)c2NC(=O)Nc1ccc(Oc2ccncc2)cc1F. The van der Waals surface area contributed by atoms with Crippen molar-refractivity contribution in [2.45, 2.75) is 32.1 Å². The fourth-order valence-electron chi connectivity index (χ4n) is 4.19. The van der Waals surface area contributed by atoms with Crippen LogP contribution in [0, 0.1) is 5.82 Å². The zero-order chi connectivity index (χ0) is 25.4. The predicted octanol–water partition coefficient (Wildman–Crippen LogP) is 6.43. The van der Waals surface area contributed by atoms with Gasteiger partial charge in [0.05, 0.1) is 22.1 Å². The van der Waals surface area contributed by atoms with Gasteiger partial charge in [0.15, 0.2) is 0 Å². The van der Waals surface area contributed by atoms with E-state index in [9.17, 15) is 14.3 Å². The van der Waals surface area contributed by atoms with Crippen LogP contribution in [0.1, 0.15) is 31.5 Å². The number of nitrogens with one attached hydrogen (secondary N) is 2.